The van der Waals surface area contributed by atoms with Crippen molar-refractivity contribution in [1.29, 1.82) is 0 Å². The van der Waals surface area contributed by atoms with E-state index < -0.39 is 0 Å². The van der Waals surface area contributed by atoms with Crippen LogP contribution < -0.4 is 4.74 Å². The Morgan fingerprint density at radius 2 is 1.12 bits per heavy atom. The molecule has 0 atom stereocenters. The Morgan fingerprint density at radius 1 is 0.442 bits per heavy atom. The summed E-state index contributed by atoms with van der Waals surface area (Å²) < 4.78 is 12.9. The predicted molar refractivity (Wildman–Crippen MR) is 211 cm³/mol. The molecule has 4 saturated carbocycles. The van der Waals surface area contributed by atoms with Crippen molar-refractivity contribution < 1.29 is 9.15 Å². The number of furan rings is 1. The van der Waals surface area contributed by atoms with E-state index in [4.69, 9.17) is 9.15 Å². The molecular formula is C50H36O2. The van der Waals surface area contributed by atoms with E-state index in [0.717, 1.165) is 62.7 Å². The molecule has 6 aliphatic rings. The van der Waals surface area contributed by atoms with Gasteiger partial charge in [0, 0.05) is 27.1 Å². The van der Waals surface area contributed by atoms with Gasteiger partial charge in [-0.1, -0.05) is 97.1 Å². The van der Waals surface area contributed by atoms with Crippen LogP contribution in [0, 0.1) is 23.7 Å². The fourth-order valence-electron chi connectivity index (χ4n) is 12.4. The SMILES string of the molecule is c1ccc2c(c1)-c1c(-c3ccc4c5c(cccc35)-c3cc(-c5ccc6oc7ccccc7c6c5)ccc3O4)cccc1C21C2CC3CC(C2)CC1C3. The number of hydrogen-bond acceptors (Lipinski definition) is 2. The third kappa shape index (κ3) is 3.46. The zero-order valence-electron chi connectivity index (χ0n) is 28.9. The quantitative estimate of drug-likeness (QED) is 0.183. The van der Waals surface area contributed by atoms with Crippen LogP contribution in [0.1, 0.15) is 43.2 Å². The van der Waals surface area contributed by atoms with Gasteiger partial charge in [0.25, 0.3) is 0 Å². The van der Waals surface area contributed by atoms with E-state index in [2.05, 4.69) is 121 Å². The Morgan fingerprint density at radius 3 is 2.02 bits per heavy atom. The maximum Gasteiger partial charge on any atom is 0.135 e. The van der Waals surface area contributed by atoms with Crippen molar-refractivity contribution in [2.75, 3.05) is 0 Å². The van der Waals surface area contributed by atoms with E-state index in [1.165, 1.54) is 81.8 Å². The molecule has 1 aliphatic heterocycles. The number of para-hydroxylation sites is 1. The number of rotatable bonds is 2. The Kier molecular flexibility index (Phi) is 5.30. The molecule has 52 heavy (non-hydrogen) atoms. The van der Waals surface area contributed by atoms with Crippen molar-refractivity contribution in [3.8, 4) is 56.0 Å². The monoisotopic (exact) mass is 668 g/mol. The van der Waals surface area contributed by atoms with Crippen LogP contribution in [0.3, 0.4) is 0 Å². The van der Waals surface area contributed by atoms with Crippen molar-refractivity contribution in [3.63, 3.8) is 0 Å². The van der Waals surface area contributed by atoms with Gasteiger partial charge in [-0.3, -0.25) is 0 Å². The first kappa shape index (κ1) is 28.0. The van der Waals surface area contributed by atoms with Crippen LogP contribution in [0.5, 0.6) is 11.5 Å². The minimum Gasteiger partial charge on any atom is -0.456 e. The standard InChI is InChI=1S/C50H36O2/c1-3-12-42-39(8-1)48-36(11-6-13-43(48)50(42)32-22-28-21-29(24-32)25-33(50)23-28)34-17-20-47-49-37(34)9-5-10-38(49)41-27-31(16-19-46(41)52-47)30-15-18-45-40(26-30)35-7-2-4-14-44(35)51-45/h1-20,26-29,32-33H,21-25H2. The molecule has 14 rings (SSSR count). The summed E-state index contributed by atoms with van der Waals surface area (Å²) in [5, 5.41) is 4.76. The van der Waals surface area contributed by atoms with Gasteiger partial charge in [0.1, 0.15) is 22.7 Å². The molecule has 0 radical (unpaired) electrons. The van der Waals surface area contributed by atoms with E-state index in [9.17, 15) is 0 Å². The summed E-state index contributed by atoms with van der Waals surface area (Å²) in [7, 11) is 0. The first-order valence-electron chi connectivity index (χ1n) is 19.3. The summed E-state index contributed by atoms with van der Waals surface area (Å²) in [6, 6.07) is 49.6. The lowest BCUT2D eigenvalue weighted by molar-refractivity contribution is -0.0399. The van der Waals surface area contributed by atoms with Crippen molar-refractivity contribution in [2.24, 2.45) is 23.7 Å². The molecular weight excluding hydrogens is 633 g/mol. The first-order chi connectivity index (χ1) is 25.7. The maximum absolute atomic E-state index is 6.74. The minimum atomic E-state index is 0.159. The maximum atomic E-state index is 6.74. The summed E-state index contributed by atoms with van der Waals surface area (Å²) in [4.78, 5) is 0. The van der Waals surface area contributed by atoms with Gasteiger partial charge in [0.05, 0.1) is 0 Å². The number of ether oxygens (including phenoxy) is 1. The molecule has 0 N–H and O–H groups in total. The summed E-state index contributed by atoms with van der Waals surface area (Å²) >= 11 is 0. The lowest BCUT2D eigenvalue weighted by Crippen LogP contribution is -2.55. The van der Waals surface area contributed by atoms with Crippen molar-refractivity contribution >= 4 is 32.7 Å². The molecule has 2 heterocycles. The second kappa shape index (κ2) is 9.83. The fourth-order valence-corrected chi connectivity index (χ4v) is 12.4. The molecule has 5 aliphatic carbocycles. The molecule has 1 spiro atoms. The zero-order valence-corrected chi connectivity index (χ0v) is 28.9. The molecule has 248 valence electrons. The molecule has 2 heteroatoms. The van der Waals surface area contributed by atoms with Crippen LogP contribution in [-0.4, -0.2) is 0 Å². The minimum absolute atomic E-state index is 0.159. The van der Waals surface area contributed by atoms with Crippen molar-refractivity contribution in [1.82, 2.24) is 0 Å². The highest BCUT2D eigenvalue weighted by Gasteiger charge is 2.61. The highest BCUT2D eigenvalue weighted by molar-refractivity contribution is 6.12. The van der Waals surface area contributed by atoms with Gasteiger partial charge in [-0.05, 0) is 148 Å². The lowest BCUT2D eigenvalue weighted by Gasteiger charge is -2.61. The van der Waals surface area contributed by atoms with Gasteiger partial charge in [-0.25, -0.2) is 0 Å². The van der Waals surface area contributed by atoms with Crippen molar-refractivity contribution in [3.05, 3.63) is 145 Å². The van der Waals surface area contributed by atoms with E-state index >= 15 is 0 Å². The van der Waals surface area contributed by atoms with Gasteiger partial charge in [0.2, 0.25) is 0 Å². The predicted octanol–water partition coefficient (Wildman–Crippen LogP) is 13.6. The molecule has 1 aromatic heterocycles. The molecule has 4 bridgehead atoms. The normalized spacial score (nSPS) is 24.4. The van der Waals surface area contributed by atoms with Crippen LogP contribution in [0.15, 0.2) is 138 Å². The first-order valence-corrected chi connectivity index (χ1v) is 19.3. The van der Waals surface area contributed by atoms with Crippen LogP contribution >= 0.6 is 0 Å². The fraction of sp³-hybridized carbons (Fsp3) is 0.200. The van der Waals surface area contributed by atoms with Gasteiger partial charge in [-0.2, -0.15) is 0 Å². The van der Waals surface area contributed by atoms with Gasteiger partial charge < -0.3 is 9.15 Å². The van der Waals surface area contributed by atoms with E-state index in [-0.39, 0.29) is 5.41 Å². The summed E-state index contributed by atoms with van der Waals surface area (Å²) in [5.74, 6) is 5.22. The topological polar surface area (TPSA) is 22.4 Å². The second-order valence-electron chi connectivity index (χ2n) is 16.4. The van der Waals surface area contributed by atoms with Crippen LogP contribution in [0.25, 0.3) is 77.2 Å². The summed E-state index contributed by atoms with van der Waals surface area (Å²) in [6.07, 6.45) is 7.07. The number of hydrogen-bond donors (Lipinski definition) is 0. The van der Waals surface area contributed by atoms with Crippen molar-refractivity contribution in [2.45, 2.75) is 37.5 Å². The number of fused-ring (bicyclic) bond motifs is 8. The zero-order chi connectivity index (χ0) is 33.7. The molecule has 2 nitrogen and oxygen atoms in total. The molecule has 0 saturated heterocycles. The Labute approximate surface area is 302 Å². The third-order valence-electron chi connectivity index (χ3n) is 14.1. The van der Waals surface area contributed by atoms with Gasteiger partial charge >= 0.3 is 0 Å². The van der Waals surface area contributed by atoms with Crippen LogP contribution in [0.4, 0.5) is 0 Å². The smallest absolute Gasteiger partial charge is 0.135 e. The average Bonchev–Trinajstić information content (AvgIpc) is 3.70. The van der Waals surface area contributed by atoms with Crippen LogP contribution in [-0.2, 0) is 5.41 Å². The van der Waals surface area contributed by atoms with Gasteiger partial charge in [0.15, 0.2) is 0 Å². The molecule has 8 aromatic rings. The third-order valence-corrected chi connectivity index (χ3v) is 14.1. The summed E-state index contributed by atoms with van der Waals surface area (Å²) in [5.41, 5.74) is 15.5. The second-order valence-corrected chi connectivity index (χ2v) is 16.4. The van der Waals surface area contributed by atoms with E-state index in [1.807, 2.05) is 12.1 Å². The molecule has 7 aromatic carbocycles. The average molecular weight is 669 g/mol. The molecule has 0 amide bonds. The lowest BCUT2D eigenvalue weighted by atomic mass is 9.43. The van der Waals surface area contributed by atoms with E-state index in [0.29, 0.717) is 0 Å². The highest BCUT2D eigenvalue weighted by atomic mass is 16.5. The van der Waals surface area contributed by atoms with Crippen LogP contribution in [0.2, 0.25) is 0 Å². The van der Waals surface area contributed by atoms with Gasteiger partial charge in [-0.15, -0.1) is 0 Å². The Bertz CT molecular complexity index is 2820. The Balaban J connectivity index is 0.989. The number of benzene rings is 7. The molecule has 0 unspecified atom stereocenters. The van der Waals surface area contributed by atoms with E-state index in [1.54, 1.807) is 11.1 Å². The molecule has 4 fully saturated rings. The summed E-state index contributed by atoms with van der Waals surface area (Å²) in [6.45, 7) is 0. The highest BCUT2D eigenvalue weighted by Crippen LogP contribution is 2.70. The Hall–Kier alpha value is -5.60. The largest absolute Gasteiger partial charge is 0.456 e.